The van der Waals surface area contributed by atoms with E-state index in [0.29, 0.717) is 12.8 Å². The van der Waals surface area contributed by atoms with E-state index in [-0.39, 0.29) is 12.5 Å². The Morgan fingerprint density at radius 2 is 0.933 bits per heavy atom. The normalized spacial score (nSPS) is 20.6. The molecule has 0 aromatic rings. The van der Waals surface area contributed by atoms with Crippen molar-refractivity contribution in [3.63, 3.8) is 0 Å². The quantitative estimate of drug-likeness (QED) is 0.0262. The lowest BCUT2D eigenvalue weighted by Crippen LogP contribution is -2.60. The zero-order valence-electron chi connectivity index (χ0n) is 39.2. The van der Waals surface area contributed by atoms with Crippen LogP contribution in [0, 0.1) is 0 Å². The van der Waals surface area contributed by atoms with Crippen molar-refractivity contribution in [2.24, 2.45) is 0 Å². The predicted molar refractivity (Wildman–Crippen MR) is 249 cm³/mol. The van der Waals surface area contributed by atoms with Crippen molar-refractivity contribution in [1.82, 2.24) is 5.32 Å². The first kappa shape index (κ1) is 56.9. The van der Waals surface area contributed by atoms with Gasteiger partial charge >= 0.3 is 0 Å². The van der Waals surface area contributed by atoms with Gasteiger partial charge in [-0.3, -0.25) is 4.79 Å². The average Bonchev–Trinajstić information content (AvgIpc) is 3.25. The van der Waals surface area contributed by atoms with Gasteiger partial charge in [0, 0.05) is 6.42 Å². The Balaban J connectivity index is 2.19. The number of ether oxygens (including phenoxy) is 2. The Kier molecular flexibility index (Phi) is 39.8. The van der Waals surface area contributed by atoms with E-state index in [9.17, 15) is 30.3 Å². The molecule has 0 saturated carbocycles. The summed E-state index contributed by atoms with van der Waals surface area (Å²) in [5.74, 6) is -0.142. The van der Waals surface area contributed by atoms with Crippen molar-refractivity contribution in [3.8, 4) is 0 Å². The highest BCUT2D eigenvalue weighted by atomic mass is 16.7. The molecule has 0 bridgehead atoms. The lowest BCUT2D eigenvalue weighted by molar-refractivity contribution is -0.302. The molecule has 7 atom stereocenters. The van der Waals surface area contributed by atoms with Crippen LogP contribution in [0.2, 0.25) is 0 Å². The van der Waals surface area contributed by atoms with Crippen LogP contribution in [0.1, 0.15) is 251 Å². The van der Waals surface area contributed by atoms with Crippen molar-refractivity contribution in [2.45, 2.75) is 294 Å². The van der Waals surface area contributed by atoms with Gasteiger partial charge in [-0.15, -0.1) is 0 Å². The van der Waals surface area contributed by atoms with E-state index in [1.54, 1.807) is 0 Å². The summed E-state index contributed by atoms with van der Waals surface area (Å²) < 4.78 is 11.3. The van der Waals surface area contributed by atoms with Gasteiger partial charge in [-0.2, -0.15) is 0 Å². The highest BCUT2D eigenvalue weighted by Crippen LogP contribution is 2.23. The van der Waals surface area contributed by atoms with Crippen molar-refractivity contribution >= 4 is 5.91 Å². The highest BCUT2D eigenvalue weighted by molar-refractivity contribution is 5.76. The molecule has 1 rings (SSSR count). The number of amides is 1. The van der Waals surface area contributed by atoms with Crippen LogP contribution < -0.4 is 5.32 Å². The van der Waals surface area contributed by atoms with Crippen LogP contribution in [0.15, 0.2) is 12.2 Å². The van der Waals surface area contributed by atoms with Gasteiger partial charge in [0.15, 0.2) is 6.29 Å². The van der Waals surface area contributed by atoms with Crippen LogP contribution in [0.4, 0.5) is 0 Å². The molecule has 356 valence electrons. The minimum atomic E-state index is -1.55. The minimum absolute atomic E-state index is 0.134. The molecule has 9 heteroatoms. The van der Waals surface area contributed by atoms with Gasteiger partial charge in [0.05, 0.1) is 25.4 Å². The molecule has 60 heavy (non-hydrogen) atoms. The van der Waals surface area contributed by atoms with Crippen LogP contribution in [0.3, 0.4) is 0 Å². The number of allylic oxidation sites excluding steroid dienone is 2. The topological polar surface area (TPSA) is 149 Å². The maximum atomic E-state index is 13.0. The van der Waals surface area contributed by atoms with E-state index in [1.165, 1.54) is 186 Å². The number of hydrogen-bond donors (Lipinski definition) is 6. The van der Waals surface area contributed by atoms with E-state index < -0.39 is 49.5 Å². The first-order valence-corrected chi connectivity index (χ1v) is 25.9. The number of rotatable bonds is 44. The molecule has 0 radical (unpaired) electrons. The second-order valence-electron chi connectivity index (χ2n) is 18.3. The van der Waals surface area contributed by atoms with E-state index in [1.807, 2.05) is 0 Å². The largest absolute Gasteiger partial charge is 0.394 e. The molecule has 7 unspecified atom stereocenters. The average molecular weight is 854 g/mol. The summed E-state index contributed by atoms with van der Waals surface area (Å²) in [6.45, 7) is 3.84. The summed E-state index contributed by atoms with van der Waals surface area (Å²) in [4.78, 5) is 13.0. The van der Waals surface area contributed by atoms with Gasteiger partial charge in [0.1, 0.15) is 24.4 Å². The molecule has 1 amide bonds. The van der Waals surface area contributed by atoms with E-state index in [4.69, 9.17) is 9.47 Å². The maximum Gasteiger partial charge on any atom is 0.220 e. The van der Waals surface area contributed by atoms with E-state index >= 15 is 0 Å². The van der Waals surface area contributed by atoms with Gasteiger partial charge < -0.3 is 40.3 Å². The third-order valence-electron chi connectivity index (χ3n) is 12.6. The molecule has 1 aliphatic rings. The standard InChI is InChI=1S/C51H99NO8/c1-3-5-7-9-11-13-15-17-18-19-20-21-22-23-24-25-26-27-28-29-31-33-35-37-39-41-47(55)52-44(43-59-51-50(58)49(57)48(56)46(42-53)60-51)45(54)40-38-36-34-32-30-16-14-12-10-8-6-4-2/h19-20,44-46,48-51,53-54,56-58H,3-18,21-43H2,1-2H3,(H,52,55)/b20-19-. The number of carbonyl (C=O) groups is 1. The molecule has 1 aliphatic heterocycles. The maximum absolute atomic E-state index is 13.0. The highest BCUT2D eigenvalue weighted by Gasteiger charge is 2.44. The lowest BCUT2D eigenvalue weighted by Gasteiger charge is -2.40. The predicted octanol–water partition coefficient (Wildman–Crippen LogP) is 11.7. The molecule has 1 saturated heterocycles. The fourth-order valence-corrected chi connectivity index (χ4v) is 8.45. The Hall–Kier alpha value is -1.07. The molecule has 1 heterocycles. The molecule has 0 aromatic heterocycles. The Bertz CT molecular complexity index is 950. The van der Waals surface area contributed by atoms with Gasteiger partial charge in [0.2, 0.25) is 5.91 Å². The number of hydrogen-bond acceptors (Lipinski definition) is 8. The Labute approximate surface area is 369 Å². The Morgan fingerprint density at radius 1 is 0.550 bits per heavy atom. The molecule has 0 aliphatic carbocycles. The molecule has 6 N–H and O–H groups in total. The molecule has 9 nitrogen and oxygen atoms in total. The summed E-state index contributed by atoms with van der Waals surface area (Å²) in [7, 11) is 0. The summed E-state index contributed by atoms with van der Waals surface area (Å²) in [5.41, 5.74) is 0. The molecule has 1 fully saturated rings. The van der Waals surface area contributed by atoms with Crippen molar-refractivity contribution < 1.29 is 39.8 Å². The third kappa shape index (κ3) is 31.7. The van der Waals surface area contributed by atoms with Gasteiger partial charge in [-0.25, -0.2) is 0 Å². The first-order chi connectivity index (χ1) is 29.3. The number of aliphatic hydroxyl groups is 5. The van der Waals surface area contributed by atoms with E-state index in [0.717, 1.165) is 38.5 Å². The SMILES string of the molecule is CCCCCCCCCC/C=C\CCCCCCCCCCCCCCCC(=O)NC(COC1OC(CO)C(O)C(O)C1O)C(O)CCCCCCCCCCCCCC. The number of aliphatic hydroxyl groups excluding tert-OH is 5. The van der Waals surface area contributed by atoms with Crippen molar-refractivity contribution in [1.29, 1.82) is 0 Å². The molecular weight excluding hydrogens is 755 g/mol. The van der Waals surface area contributed by atoms with E-state index in [2.05, 4.69) is 31.3 Å². The van der Waals surface area contributed by atoms with Crippen LogP contribution in [-0.4, -0.2) is 87.5 Å². The summed E-state index contributed by atoms with van der Waals surface area (Å²) in [6.07, 6.45) is 42.3. The fraction of sp³-hybridized carbons (Fsp3) is 0.941. The summed E-state index contributed by atoms with van der Waals surface area (Å²) in [6, 6.07) is -0.714. The minimum Gasteiger partial charge on any atom is -0.394 e. The lowest BCUT2D eigenvalue weighted by atomic mass is 9.99. The van der Waals surface area contributed by atoms with Crippen LogP contribution >= 0.6 is 0 Å². The second kappa shape index (κ2) is 41.9. The molecule has 0 spiro atoms. The third-order valence-corrected chi connectivity index (χ3v) is 12.6. The van der Waals surface area contributed by atoms with Gasteiger partial charge in [-0.05, 0) is 38.5 Å². The van der Waals surface area contributed by atoms with Gasteiger partial charge in [-0.1, -0.05) is 219 Å². The van der Waals surface area contributed by atoms with Crippen molar-refractivity contribution in [3.05, 3.63) is 12.2 Å². The number of nitrogens with one attached hydrogen (secondary N) is 1. The zero-order valence-corrected chi connectivity index (χ0v) is 39.2. The number of unbranched alkanes of at least 4 members (excludes halogenated alkanes) is 32. The first-order valence-electron chi connectivity index (χ1n) is 25.9. The van der Waals surface area contributed by atoms with Crippen LogP contribution in [0.5, 0.6) is 0 Å². The monoisotopic (exact) mass is 854 g/mol. The second-order valence-corrected chi connectivity index (χ2v) is 18.3. The fourth-order valence-electron chi connectivity index (χ4n) is 8.45. The summed E-state index contributed by atoms with van der Waals surface area (Å²) in [5, 5.41) is 54.4. The van der Waals surface area contributed by atoms with Crippen LogP contribution in [-0.2, 0) is 14.3 Å². The smallest absolute Gasteiger partial charge is 0.220 e. The zero-order chi connectivity index (χ0) is 43.7. The Morgan fingerprint density at radius 3 is 1.35 bits per heavy atom. The van der Waals surface area contributed by atoms with Crippen molar-refractivity contribution in [2.75, 3.05) is 13.2 Å². The van der Waals surface area contributed by atoms with Crippen LogP contribution in [0.25, 0.3) is 0 Å². The number of carbonyl (C=O) groups excluding carboxylic acids is 1. The molecule has 0 aromatic carbocycles. The molecular formula is C51H99NO8. The summed E-state index contributed by atoms with van der Waals surface area (Å²) >= 11 is 0. The van der Waals surface area contributed by atoms with Gasteiger partial charge in [0.25, 0.3) is 0 Å².